The van der Waals surface area contributed by atoms with Crippen LogP contribution in [0.3, 0.4) is 0 Å². The number of hydrogen-bond acceptors (Lipinski definition) is 4. The van der Waals surface area contributed by atoms with Crippen molar-refractivity contribution in [2.45, 2.75) is 40.0 Å². The minimum Gasteiger partial charge on any atom is -0.496 e. The first-order valence-electron chi connectivity index (χ1n) is 9.99. The Kier molecular flexibility index (Phi) is 6.13. The van der Waals surface area contributed by atoms with Gasteiger partial charge in [-0.15, -0.1) is 0 Å². The van der Waals surface area contributed by atoms with Crippen LogP contribution in [0.2, 0.25) is 0 Å². The Morgan fingerprint density at radius 2 is 1.86 bits per heavy atom. The molecule has 1 aliphatic carbocycles. The lowest BCUT2D eigenvalue weighted by Gasteiger charge is -2.33. The lowest BCUT2D eigenvalue weighted by atomic mass is 9.73. The van der Waals surface area contributed by atoms with Crippen molar-refractivity contribution in [2.24, 2.45) is 5.41 Å². The molecule has 0 radical (unpaired) electrons. The summed E-state index contributed by atoms with van der Waals surface area (Å²) in [5.74, 6) is 0.482. The van der Waals surface area contributed by atoms with Crippen molar-refractivity contribution in [2.75, 3.05) is 20.8 Å². The molecule has 0 atom stereocenters. The number of esters is 1. The Morgan fingerprint density at radius 1 is 1.10 bits per heavy atom. The second-order valence-electron chi connectivity index (χ2n) is 8.52. The molecular weight excluding hydrogens is 364 g/mol. The highest BCUT2D eigenvalue weighted by Gasteiger charge is 2.28. The van der Waals surface area contributed by atoms with E-state index < -0.39 is 0 Å². The van der Waals surface area contributed by atoms with Gasteiger partial charge in [0.05, 0.1) is 26.4 Å². The molecule has 1 N–H and O–H groups in total. The van der Waals surface area contributed by atoms with E-state index in [1.165, 1.54) is 12.7 Å². The van der Waals surface area contributed by atoms with Crippen LogP contribution in [0.25, 0.3) is 16.7 Å². The average molecular weight is 395 g/mol. The summed E-state index contributed by atoms with van der Waals surface area (Å²) in [7, 11) is 3.07. The molecule has 0 spiro atoms. The fourth-order valence-corrected chi connectivity index (χ4v) is 4.23. The van der Waals surface area contributed by atoms with E-state index in [-0.39, 0.29) is 18.0 Å². The van der Waals surface area contributed by atoms with Crippen LogP contribution in [-0.4, -0.2) is 31.9 Å². The van der Waals surface area contributed by atoms with Gasteiger partial charge in [-0.3, -0.25) is 0 Å². The Bertz CT molecular complexity index is 953. The highest BCUT2D eigenvalue weighted by molar-refractivity contribution is 5.90. The van der Waals surface area contributed by atoms with Gasteiger partial charge in [0.25, 0.3) is 0 Å². The quantitative estimate of drug-likeness (QED) is 0.689. The van der Waals surface area contributed by atoms with Gasteiger partial charge in [0, 0.05) is 5.56 Å². The van der Waals surface area contributed by atoms with Crippen molar-refractivity contribution in [3.05, 3.63) is 58.7 Å². The van der Waals surface area contributed by atoms with Crippen LogP contribution in [0.1, 0.15) is 54.6 Å². The van der Waals surface area contributed by atoms with Crippen molar-refractivity contribution < 1.29 is 19.4 Å². The number of allylic oxidation sites excluding steroid dienone is 1. The van der Waals surface area contributed by atoms with Gasteiger partial charge in [-0.1, -0.05) is 26.0 Å². The van der Waals surface area contributed by atoms with E-state index in [1.807, 2.05) is 31.2 Å². The monoisotopic (exact) mass is 394 g/mol. The number of aliphatic hydroxyl groups excluding tert-OH is 1. The summed E-state index contributed by atoms with van der Waals surface area (Å²) in [6.07, 6.45) is 2.88. The first kappa shape index (κ1) is 21.1. The van der Waals surface area contributed by atoms with Gasteiger partial charge in [0.2, 0.25) is 0 Å². The smallest absolute Gasteiger partial charge is 0.337 e. The summed E-state index contributed by atoms with van der Waals surface area (Å²) < 4.78 is 10.5. The first-order chi connectivity index (χ1) is 13.8. The van der Waals surface area contributed by atoms with E-state index in [0.29, 0.717) is 5.56 Å². The van der Waals surface area contributed by atoms with Crippen molar-refractivity contribution >= 4 is 11.5 Å². The molecule has 0 fully saturated rings. The average Bonchev–Trinajstić information content (AvgIpc) is 2.72. The molecule has 0 aromatic heterocycles. The van der Waals surface area contributed by atoms with Crippen molar-refractivity contribution in [3.63, 3.8) is 0 Å². The lowest BCUT2D eigenvalue weighted by Crippen LogP contribution is -2.19. The van der Waals surface area contributed by atoms with Crippen molar-refractivity contribution in [1.82, 2.24) is 0 Å². The molecule has 2 aromatic rings. The molecule has 0 bridgehead atoms. The number of carbonyl (C=O) groups is 1. The number of methoxy groups -OCH3 is 2. The molecule has 29 heavy (non-hydrogen) atoms. The highest BCUT2D eigenvalue weighted by Crippen LogP contribution is 2.45. The molecular formula is C25H30O4. The second-order valence-corrected chi connectivity index (χ2v) is 8.52. The van der Waals surface area contributed by atoms with Gasteiger partial charge in [-0.25, -0.2) is 4.79 Å². The maximum atomic E-state index is 11.8. The Balaban J connectivity index is 2.09. The minimum atomic E-state index is -0.336. The van der Waals surface area contributed by atoms with E-state index in [1.54, 1.807) is 13.2 Å². The predicted molar refractivity (Wildman–Crippen MR) is 116 cm³/mol. The summed E-state index contributed by atoms with van der Waals surface area (Å²) in [5.41, 5.74) is 7.19. The fourth-order valence-electron chi connectivity index (χ4n) is 4.23. The molecule has 3 rings (SSSR count). The Hall–Kier alpha value is -2.59. The number of aliphatic hydroxyl groups is 1. The van der Waals surface area contributed by atoms with Gasteiger partial charge in [-0.2, -0.15) is 0 Å². The molecule has 2 aromatic carbocycles. The maximum absolute atomic E-state index is 11.8. The molecule has 0 amide bonds. The third kappa shape index (κ3) is 4.38. The molecule has 0 saturated carbocycles. The normalized spacial score (nSPS) is 15.9. The third-order valence-electron chi connectivity index (χ3n) is 5.84. The van der Waals surface area contributed by atoms with Crippen LogP contribution in [0, 0.1) is 12.3 Å². The molecule has 1 aliphatic rings. The van der Waals surface area contributed by atoms with Gasteiger partial charge in [0.1, 0.15) is 5.75 Å². The molecule has 0 heterocycles. The molecule has 4 nitrogen and oxygen atoms in total. The van der Waals surface area contributed by atoms with E-state index in [9.17, 15) is 9.90 Å². The fraction of sp³-hybridized carbons (Fsp3) is 0.400. The summed E-state index contributed by atoms with van der Waals surface area (Å²) in [4.78, 5) is 11.8. The summed E-state index contributed by atoms with van der Waals surface area (Å²) in [6, 6.07) is 11.8. The first-order valence-corrected chi connectivity index (χ1v) is 9.99. The number of benzene rings is 2. The van der Waals surface area contributed by atoms with E-state index >= 15 is 0 Å². The number of rotatable bonds is 5. The van der Waals surface area contributed by atoms with E-state index in [0.717, 1.165) is 52.8 Å². The van der Waals surface area contributed by atoms with Crippen LogP contribution >= 0.6 is 0 Å². The van der Waals surface area contributed by atoms with Crippen LogP contribution in [-0.2, 0) is 4.74 Å². The zero-order valence-electron chi connectivity index (χ0n) is 18.0. The lowest BCUT2D eigenvalue weighted by molar-refractivity contribution is 0.0600. The summed E-state index contributed by atoms with van der Waals surface area (Å²) in [6.45, 7) is 6.56. The molecule has 0 unspecified atom stereocenters. The molecule has 154 valence electrons. The molecule has 4 heteroatoms. The number of aryl methyl sites for hydroxylation is 1. The van der Waals surface area contributed by atoms with Crippen LogP contribution in [0.4, 0.5) is 0 Å². The van der Waals surface area contributed by atoms with Gasteiger partial charge in [0.15, 0.2) is 0 Å². The SMILES string of the molecule is COC(=O)c1ccc(-c2ccc(OC)c(C3=C(CO)CC(C)(C)CC3)c2)c(C)c1. The zero-order chi connectivity index (χ0) is 21.2. The van der Waals surface area contributed by atoms with Crippen molar-refractivity contribution in [1.29, 1.82) is 0 Å². The second kappa shape index (κ2) is 8.42. The van der Waals surface area contributed by atoms with Crippen LogP contribution in [0.15, 0.2) is 42.0 Å². The standard InChI is InChI=1S/C25H30O4/c1-16-12-18(24(27)29-5)6-8-20(16)17-7-9-23(28-4)22(13-17)21-10-11-25(2,3)14-19(21)15-26/h6-9,12-13,26H,10-11,14-15H2,1-5H3. The molecule has 0 saturated heterocycles. The van der Waals surface area contributed by atoms with E-state index in [2.05, 4.69) is 19.9 Å². The summed E-state index contributed by atoms with van der Waals surface area (Å²) >= 11 is 0. The zero-order valence-corrected chi connectivity index (χ0v) is 18.0. The highest BCUT2D eigenvalue weighted by atomic mass is 16.5. The predicted octanol–water partition coefficient (Wildman–Crippen LogP) is 5.41. The third-order valence-corrected chi connectivity index (χ3v) is 5.84. The van der Waals surface area contributed by atoms with Gasteiger partial charge >= 0.3 is 5.97 Å². The minimum absolute atomic E-state index is 0.0685. The van der Waals surface area contributed by atoms with Gasteiger partial charge in [-0.05, 0) is 83.7 Å². The maximum Gasteiger partial charge on any atom is 0.337 e. The number of ether oxygens (including phenoxy) is 2. The Labute approximate surface area is 173 Å². The van der Waals surface area contributed by atoms with E-state index in [4.69, 9.17) is 9.47 Å². The van der Waals surface area contributed by atoms with Crippen molar-refractivity contribution in [3.8, 4) is 16.9 Å². The topological polar surface area (TPSA) is 55.8 Å². The molecule has 0 aliphatic heterocycles. The number of hydrogen-bond donors (Lipinski definition) is 1. The van der Waals surface area contributed by atoms with Crippen LogP contribution in [0.5, 0.6) is 5.75 Å². The largest absolute Gasteiger partial charge is 0.496 e. The van der Waals surface area contributed by atoms with Crippen LogP contribution < -0.4 is 4.74 Å². The number of carbonyl (C=O) groups excluding carboxylic acids is 1. The Morgan fingerprint density at radius 3 is 2.48 bits per heavy atom. The van der Waals surface area contributed by atoms with Gasteiger partial charge < -0.3 is 14.6 Å². The summed E-state index contributed by atoms with van der Waals surface area (Å²) in [5, 5.41) is 10.0.